The predicted molar refractivity (Wildman–Crippen MR) is 84.8 cm³/mol. The Morgan fingerprint density at radius 1 is 0.895 bits per heavy atom. The highest BCUT2D eigenvalue weighted by Crippen LogP contribution is 2.24. The molecule has 0 aliphatic carbocycles. The van der Waals surface area contributed by atoms with Crippen molar-refractivity contribution in [2.45, 2.75) is 31.7 Å². The molecule has 0 amide bonds. The van der Waals surface area contributed by atoms with Crippen LogP contribution in [0, 0.1) is 0 Å². The molecule has 2 N–H and O–H groups in total. The summed E-state index contributed by atoms with van der Waals surface area (Å²) >= 11 is 0. The first-order valence-electron chi connectivity index (χ1n) is 6.65. The number of benzene rings is 2. The summed E-state index contributed by atoms with van der Waals surface area (Å²) in [5.74, 6) is 0.401. The fraction of sp³-hybridized carbons (Fsp3) is 0.294. The van der Waals surface area contributed by atoms with Crippen molar-refractivity contribution in [3.05, 3.63) is 71.8 Å². The second kappa shape index (κ2) is 7.98. The molecular weight excluding hydrogens is 254 g/mol. The number of rotatable bonds is 5. The third kappa shape index (κ3) is 4.38. The fourth-order valence-electron chi connectivity index (χ4n) is 2.37. The van der Waals surface area contributed by atoms with E-state index in [-0.39, 0.29) is 18.4 Å². The molecule has 0 aromatic heterocycles. The van der Waals surface area contributed by atoms with Crippen LogP contribution in [0.1, 0.15) is 30.4 Å². The molecule has 0 aliphatic rings. The van der Waals surface area contributed by atoms with Crippen molar-refractivity contribution in [3.8, 4) is 0 Å². The van der Waals surface area contributed by atoms with Crippen molar-refractivity contribution < 1.29 is 0 Å². The van der Waals surface area contributed by atoms with Crippen molar-refractivity contribution in [2.24, 2.45) is 5.73 Å². The Balaban J connectivity index is 0.00000180. The van der Waals surface area contributed by atoms with E-state index in [9.17, 15) is 0 Å². The Morgan fingerprint density at radius 2 is 1.42 bits per heavy atom. The summed E-state index contributed by atoms with van der Waals surface area (Å²) in [6.45, 7) is 2.16. The van der Waals surface area contributed by atoms with Gasteiger partial charge in [0.1, 0.15) is 0 Å². The standard InChI is InChI=1S/C17H21N.ClH/c1-2-17(18)16(15-11-7-4-8-12-15)13-14-9-5-3-6-10-14;/h3-12,16-17H,2,13,18H2,1H3;1H. The largest absolute Gasteiger partial charge is 0.327 e. The van der Waals surface area contributed by atoms with Gasteiger partial charge in [0.2, 0.25) is 0 Å². The van der Waals surface area contributed by atoms with Crippen LogP contribution in [0.4, 0.5) is 0 Å². The lowest BCUT2D eigenvalue weighted by atomic mass is 9.85. The van der Waals surface area contributed by atoms with Crippen LogP contribution in [0.25, 0.3) is 0 Å². The monoisotopic (exact) mass is 275 g/mol. The minimum Gasteiger partial charge on any atom is -0.327 e. The summed E-state index contributed by atoms with van der Waals surface area (Å²) in [7, 11) is 0. The molecule has 2 atom stereocenters. The second-order valence-electron chi connectivity index (χ2n) is 4.78. The van der Waals surface area contributed by atoms with E-state index < -0.39 is 0 Å². The van der Waals surface area contributed by atoms with Gasteiger partial charge in [-0.25, -0.2) is 0 Å². The van der Waals surface area contributed by atoms with E-state index in [2.05, 4.69) is 67.6 Å². The van der Waals surface area contributed by atoms with Gasteiger partial charge in [0.15, 0.2) is 0 Å². The zero-order valence-corrected chi connectivity index (χ0v) is 12.1. The van der Waals surface area contributed by atoms with Gasteiger partial charge in [-0.1, -0.05) is 67.6 Å². The molecule has 0 radical (unpaired) electrons. The molecular formula is C17H22ClN. The van der Waals surface area contributed by atoms with E-state index >= 15 is 0 Å². The minimum atomic E-state index is 0. The highest BCUT2D eigenvalue weighted by Gasteiger charge is 2.18. The molecule has 2 unspecified atom stereocenters. The summed E-state index contributed by atoms with van der Waals surface area (Å²) < 4.78 is 0. The quantitative estimate of drug-likeness (QED) is 0.871. The Hall–Kier alpha value is -1.31. The van der Waals surface area contributed by atoms with Crippen LogP contribution >= 0.6 is 12.4 Å². The van der Waals surface area contributed by atoms with E-state index in [0.29, 0.717) is 5.92 Å². The molecule has 19 heavy (non-hydrogen) atoms. The minimum absolute atomic E-state index is 0. The lowest BCUT2D eigenvalue weighted by Gasteiger charge is -2.23. The zero-order chi connectivity index (χ0) is 12.8. The highest BCUT2D eigenvalue weighted by molar-refractivity contribution is 5.85. The van der Waals surface area contributed by atoms with Crippen LogP contribution < -0.4 is 5.73 Å². The summed E-state index contributed by atoms with van der Waals surface area (Å²) in [4.78, 5) is 0. The molecule has 0 heterocycles. The van der Waals surface area contributed by atoms with Gasteiger partial charge in [-0.15, -0.1) is 12.4 Å². The van der Waals surface area contributed by atoms with E-state index in [0.717, 1.165) is 12.8 Å². The molecule has 2 aromatic carbocycles. The molecule has 0 bridgehead atoms. The third-order valence-corrected chi connectivity index (χ3v) is 3.51. The normalized spacial score (nSPS) is 13.4. The maximum Gasteiger partial charge on any atom is 0.0108 e. The van der Waals surface area contributed by atoms with Crippen LogP contribution in [0.3, 0.4) is 0 Å². The molecule has 0 saturated heterocycles. The van der Waals surface area contributed by atoms with E-state index in [1.165, 1.54) is 11.1 Å². The Bertz CT molecular complexity index is 455. The van der Waals surface area contributed by atoms with E-state index in [1.54, 1.807) is 0 Å². The Kier molecular flexibility index (Phi) is 6.61. The smallest absolute Gasteiger partial charge is 0.0108 e. The zero-order valence-electron chi connectivity index (χ0n) is 11.3. The number of hydrogen-bond acceptors (Lipinski definition) is 1. The van der Waals surface area contributed by atoms with Crippen LogP contribution in [0.15, 0.2) is 60.7 Å². The molecule has 0 aliphatic heterocycles. The number of nitrogens with two attached hydrogens (primary N) is 1. The van der Waals surface area contributed by atoms with Gasteiger partial charge in [0.25, 0.3) is 0 Å². The van der Waals surface area contributed by atoms with Gasteiger partial charge >= 0.3 is 0 Å². The molecule has 1 nitrogen and oxygen atoms in total. The number of halogens is 1. The van der Waals surface area contributed by atoms with E-state index in [1.807, 2.05) is 0 Å². The van der Waals surface area contributed by atoms with Gasteiger partial charge in [0.05, 0.1) is 0 Å². The first-order chi connectivity index (χ1) is 8.81. The van der Waals surface area contributed by atoms with Crippen molar-refractivity contribution in [1.82, 2.24) is 0 Å². The first-order valence-corrected chi connectivity index (χ1v) is 6.65. The topological polar surface area (TPSA) is 26.0 Å². The second-order valence-corrected chi connectivity index (χ2v) is 4.78. The van der Waals surface area contributed by atoms with Crippen molar-refractivity contribution in [1.29, 1.82) is 0 Å². The molecule has 2 rings (SSSR count). The lowest BCUT2D eigenvalue weighted by Crippen LogP contribution is -2.29. The summed E-state index contributed by atoms with van der Waals surface area (Å²) in [5, 5.41) is 0. The third-order valence-electron chi connectivity index (χ3n) is 3.51. The fourth-order valence-corrected chi connectivity index (χ4v) is 2.37. The average Bonchev–Trinajstić information content (AvgIpc) is 2.46. The van der Waals surface area contributed by atoms with Crippen molar-refractivity contribution in [2.75, 3.05) is 0 Å². The van der Waals surface area contributed by atoms with Gasteiger partial charge < -0.3 is 5.73 Å². The van der Waals surface area contributed by atoms with Crippen LogP contribution in [0.2, 0.25) is 0 Å². The maximum absolute atomic E-state index is 6.30. The van der Waals surface area contributed by atoms with Gasteiger partial charge in [0, 0.05) is 12.0 Å². The molecule has 0 fully saturated rings. The van der Waals surface area contributed by atoms with Crippen molar-refractivity contribution >= 4 is 12.4 Å². The van der Waals surface area contributed by atoms with Gasteiger partial charge in [-0.2, -0.15) is 0 Å². The highest BCUT2D eigenvalue weighted by atomic mass is 35.5. The average molecular weight is 276 g/mol. The molecule has 0 spiro atoms. The molecule has 0 saturated carbocycles. The van der Waals surface area contributed by atoms with Crippen LogP contribution in [0.5, 0.6) is 0 Å². The number of hydrogen-bond donors (Lipinski definition) is 1. The van der Waals surface area contributed by atoms with Crippen LogP contribution in [-0.4, -0.2) is 6.04 Å². The van der Waals surface area contributed by atoms with Crippen LogP contribution in [-0.2, 0) is 6.42 Å². The first kappa shape index (κ1) is 15.7. The van der Waals surface area contributed by atoms with Gasteiger partial charge in [-0.05, 0) is 24.0 Å². The van der Waals surface area contributed by atoms with E-state index in [4.69, 9.17) is 5.73 Å². The predicted octanol–water partition coefficient (Wildman–Crippen LogP) is 4.17. The Morgan fingerprint density at radius 3 is 1.95 bits per heavy atom. The molecule has 2 aromatic rings. The molecule has 102 valence electrons. The Labute approximate surface area is 122 Å². The summed E-state index contributed by atoms with van der Waals surface area (Å²) in [6.07, 6.45) is 2.02. The summed E-state index contributed by atoms with van der Waals surface area (Å²) in [5.41, 5.74) is 9.00. The van der Waals surface area contributed by atoms with Crippen molar-refractivity contribution in [3.63, 3.8) is 0 Å². The maximum atomic E-state index is 6.30. The van der Waals surface area contributed by atoms with Gasteiger partial charge in [-0.3, -0.25) is 0 Å². The SMILES string of the molecule is CCC(N)C(Cc1ccccc1)c1ccccc1.Cl. The molecule has 2 heteroatoms. The lowest BCUT2D eigenvalue weighted by molar-refractivity contribution is 0.515. The summed E-state index contributed by atoms with van der Waals surface area (Å²) in [6, 6.07) is 21.4.